The summed E-state index contributed by atoms with van der Waals surface area (Å²) in [5.41, 5.74) is -0.0363. The molecule has 138 valence electrons. The summed E-state index contributed by atoms with van der Waals surface area (Å²) >= 11 is 1.17. The molecule has 8 nitrogen and oxygen atoms in total. The van der Waals surface area contributed by atoms with Gasteiger partial charge in [0.1, 0.15) is 12.6 Å². The summed E-state index contributed by atoms with van der Waals surface area (Å²) in [6, 6.07) is 7.52. The molecule has 2 N–H and O–H groups in total. The second kappa shape index (κ2) is 9.16. The van der Waals surface area contributed by atoms with Gasteiger partial charge in [-0.3, -0.25) is 14.4 Å². The Hall–Kier alpha value is -2.65. The van der Waals surface area contributed by atoms with E-state index in [4.69, 9.17) is 9.84 Å². The Morgan fingerprint density at radius 3 is 2.62 bits per heavy atom. The fraction of sp³-hybridized carbons (Fsp3) is 0.294. The minimum atomic E-state index is -1.63. The van der Waals surface area contributed by atoms with Gasteiger partial charge in [-0.1, -0.05) is 42.1 Å². The summed E-state index contributed by atoms with van der Waals surface area (Å²) < 4.78 is 5.00. The number of thioether (sulfide) groups is 1. The van der Waals surface area contributed by atoms with E-state index in [9.17, 15) is 19.2 Å². The van der Waals surface area contributed by atoms with E-state index < -0.39 is 35.0 Å². The van der Waals surface area contributed by atoms with Gasteiger partial charge in [0, 0.05) is 19.7 Å². The lowest BCUT2D eigenvalue weighted by atomic mass is 10.0. The van der Waals surface area contributed by atoms with Gasteiger partial charge in [0.15, 0.2) is 5.44 Å². The molecule has 1 aromatic carbocycles. The van der Waals surface area contributed by atoms with Gasteiger partial charge in [-0.2, -0.15) is 0 Å². The average Bonchev–Trinajstić information content (AvgIpc) is 2.63. The number of ether oxygens (including phenoxy) is 1. The number of rotatable bonds is 8. The standard InChI is InChI=1S/C17H18N2O6S/c1-25-17-15(22)19(7-8-26-17)10-13(20)18-12(14(21)16(23)24)9-11-5-3-2-4-6-11/h2-8,12,17H,9-10H2,1H3,(H,18,20)(H,23,24)/t12-,17?/m0/s1. The molecule has 1 aliphatic heterocycles. The van der Waals surface area contributed by atoms with Gasteiger partial charge >= 0.3 is 5.97 Å². The number of carboxylic acids is 1. The lowest BCUT2D eigenvalue weighted by molar-refractivity contribution is -0.150. The maximum absolute atomic E-state index is 12.2. The average molecular weight is 378 g/mol. The lowest BCUT2D eigenvalue weighted by Gasteiger charge is -2.26. The molecule has 0 fully saturated rings. The minimum Gasteiger partial charge on any atom is -0.475 e. The third-order valence-electron chi connectivity index (χ3n) is 3.60. The highest BCUT2D eigenvalue weighted by Gasteiger charge is 2.30. The van der Waals surface area contributed by atoms with E-state index in [-0.39, 0.29) is 13.0 Å². The number of ketones is 1. The summed E-state index contributed by atoms with van der Waals surface area (Å²) in [5.74, 6) is -3.79. The minimum absolute atomic E-state index is 0.0397. The second-order valence-corrected chi connectivity index (χ2v) is 6.41. The highest BCUT2D eigenvalue weighted by Crippen LogP contribution is 2.21. The lowest BCUT2D eigenvalue weighted by Crippen LogP contribution is -2.50. The summed E-state index contributed by atoms with van der Waals surface area (Å²) in [4.78, 5) is 48.5. The number of aliphatic carboxylic acids is 1. The van der Waals surface area contributed by atoms with Crippen molar-refractivity contribution in [1.29, 1.82) is 0 Å². The van der Waals surface area contributed by atoms with Crippen molar-refractivity contribution >= 4 is 35.3 Å². The van der Waals surface area contributed by atoms with Crippen molar-refractivity contribution < 1.29 is 29.0 Å². The highest BCUT2D eigenvalue weighted by molar-refractivity contribution is 8.03. The summed E-state index contributed by atoms with van der Waals surface area (Å²) in [7, 11) is 1.38. The molecule has 0 spiro atoms. The smallest absolute Gasteiger partial charge is 0.374 e. The third kappa shape index (κ3) is 5.17. The molecule has 2 atom stereocenters. The number of carboxylic acid groups (broad SMARTS) is 1. The monoisotopic (exact) mass is 378 g/mol. The molecule has 9 heteroatoms. The van der Waals surface area contributed by atoms with Crippen LogP contribution in [0.15, 0.2) is 41.9 Å². The predicted molar refractivity (Wildman–Crippen MR) is 94.0 cm³/mol. The number of methoxy groups -OCH3 is 1. The van der Waals surface area contributed by atoms with E-state index in [1.54, 1.807) is 35.7 Å². The number of nitrogens with zero attached hydrogens (tertiary/aromatic N) is 1. The van der Waals surface area contributed by atoms with E-state index in [1.165, 1.54) is 25.1 Å². The first-order valence-corrected chi connectivity index (χ1v) is 8.62. The maximum atomic E-state index is 12.2. The number of Topliss-reactive ketones (excluding diaryl/α,β-unsaturated/α-hetero) is 1. The van der Waals surface area contributed by atoms with Crippen LogP contribution in [-0.2, 0) is 30.3 Å². The summed E-state index contributed by atoms with van der Waals surface area (Å²) in [5, 5.41) is 13.0. The van der Waals surface area contributed by atoms with Gasteiger partial charge in [0.05, 0.1) is 0 Å². The SMILES string of the molecule is COC1SC=CN(CC(=O)N[C@@H](Cc2ccccc2)C(=O)C(=O)O)C1=O. The third-order valence-corrected chi connectivity index (χ3v) is 4.52. The zero-order chi connectivity index (χ0) is 19.1. The van der Waals surface area contributed by atoms with Crippen LogP contribution in [0.4, 0.5) is 0 Å². The molecule has 0 aromatic heterocycles. The Balaban J connectivity index is 2.05. The molecule has 0 saturated heterocycles. The molecular formula is C17H18N2O6S. The van der Waals surface area contributed by atoms with Crippen molar-refractivity contribution in [3.63, 3.8) is 0 Å². The number of carbonyl (C=O) groups excluding carboxylic acids is 3. The molecule has 0 bridgehead atoms. The van der Waals surface area contributed by atoms with Crippen molar-refractivity contribution in [3.05, 3.63) is 47.5 Å². The number of carbonyl (C=O) groups is 4. The van der Waals surface area contributed by atoms with Crippen LogP contribution in [0.25, 0.3) is 0 Å². The Kier molecular flexibility index (Phi) is 6.93. The predicted octanol–water partition coefficient (Wildman–Crippen LogP) is 0.387. The molecule has 2 amide bonds. The molecule has 1 aromatic rings. The summed E-state index contributed by atoms with van der Waals surface area (Å²) in [6.07, 6.45) is 1.48. The summed E-state index contributed by atoms with van der Waals surface area (Å²) in [6.45, 7) is -0.339. The van der Waals surface area contributed by atoms with Gasteiger partial charge in [-0.15, -0.1) is 0 Å². The quantitative estimate of drug-likeness (QED) is 0.629. The molecule has 0 radical (unpaired) electrons. The maximum Gasteiger partial charge on any atom is 0.374 e. The first-order chi connectivity index (χ1) is 12.4. The number of hydrogen-bond acceptors (Lipinski definition) is 6. The highest BCUT2D eigenvalue weighted by atomic mass is 32.2. The van der Waals surface area contributed by atoms with Crippen molar-refractivity contribution in [3.8, 4) is 0 Å². The van der Waals surface area contributed by atoms with Crippen LogP contribution in [0, 0.1) is 0 Å². The number of benzene rings is 1. The van der Waals surface area contributed by atoms with Crippen LogP contribution in [-0.4, -0.2) is 58.7 Å². The van der Waals surface area contributed by atoms with Gasteiger partial charge < -0.3 is 20.1 Å². The Morgan fingerprint density at radius 2 is 2.00 bits per heavy atom. The molecule has 1 unspecified atom stereocenters. The first-order valence-electron chi connectivity index (χ1n) is 7.68. The van der Waals surface area contributed by atoms with Crippen LogP contribution in [0.1, 0.15) is 5.56 Å². The van der Waals surface area contributed by atoms with Crippen LogP contribution in [0.3, 0.4) is 0 Å². The fourth-order valence-corrected chi connectivity index (χ4v) is 3.06. The largest absolute Gasteiger partial charge is 0.475 e. The van der Waals surface area contributed by atoms with E-state index in [1.807, 2.05) is 0 Å². The zero-order valence-corrected chi connectivity index (χ0v) is 14.8. The van der Waals surface area contributed by atoms with Crippen LogP contribution < -0.4 is 5.32 Å². The van der Waals surface area contributed by atoms with E-state index in [0.29, 0.717) is 5.56 Å². The molecule has 1 heterocycles. The molecule has 0 saturated carbocycles. The number of amides is 2. The fourth-order valence-electron chi connectivity index (χ4n) is 2.34. The Morgan fingerprint density at radius 1 is 1.31 bits per heavy atom. The van der Waals surface area contributed by atoms with Crippen LogP contribution in [0.2, 0.25) is 0 Å². The second-order valence-electron chi connectivity index (χ2n) is 5.43. The normalized spacial score (nSPS) is 17.7. The van der Waals surface area contributed by atoms with Gasteiger partial charge in [-0.25, -0.2) is 4.79 Å². The van der Waals surface area contributed by atoms with Crippen molar-refractivity contribution in [2.75, 3.05) is 13.7 Å². The van der Waals surface area contributed by atoms with Crippen LogP contribution in [0.5, 0.6) is 0 Å². The topological polar surface area (TPSA) is 113 Å². The number of hydrogen-bond donors (Lipinski definition) is 2. The van der Waals surface area contributed by atoms with Gasteiger partial charge in [0.2, 0.25) is 5.91 Å². The van der Waals surface area contributed by atoms with Crippen molar-refractivity contribution in [2.45, 2.75) is 17.9 Å². The Bertz CT molecular complexity index is 721. The van der Waals surface area contributed by atoms with E-state index in [2.05, 4.69) is 5.32 Å². The first kappa shape index (κ1) is 19.7. The molecule has 0 aliphatic carbocycles. The zero-order valence-electron chi connectivity index (χ0n) is 14.0. The van der Waals surface area contributed by atoms with E-state index in [0.717, 1.165) is 4.90 Å². The van der Waals surface area contributed by atoms with Gasteiger partial charge in [-0.05, 0) is 11.0 Å². The van der Waals surface area contributed by atoms with Gasteiger partial charge in [0.25, 0.3) is 11.7 Å². The van der Waals surface area contributed by atoms with Crippen molar-refractivity contribution in [1.82, 2.24) is 10.2 Å². The Labute approximate surface area is 154 Å². The van der Waals surface area contributed by atoms with Crippen LogP contribution >= 0.6 is 11.8 Å². The van der Waals surface area contributed by atoms with Crippen molar-refractivity contribution in [2.24, 2.45) is 0 Å². The molecular weight excluding hydrogens is 360 g/mol. The number of nitrogens with one attached hydrogen (secondary N) is 1. The molecule has 2 rings (SSSR count). The molecule has 1 aliphatic rings. The molecule has 26 heavy (non-hydrogen) atoms. The van der Waals surface area contributed by atoms with E-state index >= 15 is 0 Å².